The third-order valence-electron chi connectivity index (χ3n) is 4.38. The molecule has 24 heavy (non-hydrogen) atoms. The molecule has 7 heteroatoms. The monoisotopic (exact) mass is 330 g/mol. The Hall–Kier alpha value is -2.44. The lowest BCUT2D eigenvalue weighted by Crippen LogP contribution is -2.40. The molecule has 0 saturated heterocycles. The Balaban J connectivity index is 1.44. The first kappa shape index (κ1) is 16.4. The van der Waals surface area contributed by atoms with Crippen LogP contribution in [0.2, 0.25) is 0 Å². The van der Waals surface area contributed by atoms with Crippen molar-refractivity contribution in [2.45, 2.75) is 58.1 Å². The molecule has 0 aromatic carbocycles. The van der Waals surface area contributed by atoms with E-state index in [1.165, 1.54) is 0 Å². The number of nitrogens with zero attached hydrogens (tertiary/aromatic N) is 3. The van der Waals surface area contributed by atoms with Gasteiger partial charge in [0, 0.05) is 24.0 Å². The Kier molecular flexibility index (Phi) is 5.08. The summed E-state index contributed by atoms with van der Waals surface area (Å²) in [6.45, 7) is 3.69. The molecule has 1 N–H and O–H groups in total. The van der Waals surface area contributed by atoms with Gasteiger partial charge in [0.15, 0.2) is 0 Å². The van der Waals surface area contributed by atoms with Gasteiger partial charge >= 0.3 is 0 Å². The average Bonchev–Trinajstić information content (AvgIpc) is 2.89. The van der Waals surface area contributed by atoms with Crippen molar-refractivity contribution in [3.05, 3.63) is 35.6 Å². The fourth-order valence-electron chi connectivity index (χ4n) is 3.04. The van der Waals surface area contributed by atoms with Gasteiger partial charge in [0.05, 0.1) is 18.3 Å². The maximum atomic E-state index is 12.2. The van der Waals surface area contributed by atoms with Crippen LogP contribution >= 0.6 is 0 Å². The van der Waals surface area contributed by atoms with E-state index in [1.807, 2.05) is 13.8 Å². The molecule has 0 aliphatic heterocycles. The first-order chi connectivity index (χ1) is 11.6. The third kappa shape index (κ3) is 4.10. The van der Waals surface area contributed by atoms with Crippen LogP contribution in [0.4, 0.5) is 0 Å². The van der Waals surface area contributed by atoms with Gasteiger partial charge in [-0.15, -0.1) is 0 Å². The van der Waals surface area contributed by atoms with Gasteiger partial charge in [0.1, 0.15) is 11.9 Å². The summed E-state index contributed by atoms with van der Waals surface area (Å²) >= 11 is 0. The summed E-state index contributed by atoms with van der Waals surface area (Å²) in [5.74, 6) is 1.29. The summed E-state index contributed by atoms with van der Waals surface area (Å²) in [6.07, 6.45) is 8.91. The summed E-state index contributed by atoms with van der Waals surface area (Å²) in [7, 11) is 0. The van der Waals surface area contributed by atoms with Gasteiger partial charge in [0.25, 0.3) is 0 Å². The van der Waals surface area contributed by atoms with Crippen molar-refractivity contribution in [1.82, 2.24) is 20.4 Å². The number of ether oxygens (including phenoxy) is 1. The fourth-order valence-corrected chi connectivity index (χ4v) is 3.04. The van der Waals surface area contributed by atoms with Gasteiger partial charge in [-0.1, -0.05) is 5.16 Å². The molecular weight excluding hydrogens is 308 g/mol. The SMILES string of the molecule is Cc1noc(C)c1CC(=O)NC1CCC(Oc2cnccn2)CC1. The molecule has 0 spiro atoms. The van der Waals surface area contributed by atoms with Crippen LogP contribution in [0.1, 0.15) is 42.7 Å². The van der Waals surface area contributed by atoms with Crippen molar-refractivity contribution in [2.75, 3.05) is 0 Å². The van der Waals surface area contributed by atoms with Gasteiger partial charge in [0.2, 0.25) is 11.8 Å². The van der Waals surface area contributed by atoms with Crippen molar-refractivity contribution >= 4 is 5.91 Å². The second-order valence-corrected chi connectivity index (χ2v) is 6.18. The second kappa shape index (κ2) is 7.42. The molecular formula is C17H22N4O3. The topological polar surface area (TPSA) is 90.1 Å². The zero-order valence-corrected chi connectivity index (χ0v) is 14.0. The summed E-state index contributed by atoms with van der Waals surface area (Å²) in [5, 5.41) is 6.99. The number of carbonyl (C=O) groups excluding carboxylic acids is 1. The molecule has 1 aliphatic carbocycles. The number of aryl methyl sites for hydroxylation is 2. The van der Waals surface area contributed by atoms with Crippen LogP contribution < -0.4 is 10.1 Å². The Labute approximate surface area is 140 Å². The van der Waals surface area contributed by atoms with Gasteiger partial charge in [-0.3, -0.25) is 9.78 Å². The van der Waals surface area contributed by atoms with Crippen LogP contribution in [-0.4, -0.2) is 33.2 Å². The molecule has 1 amide bonds. The summed E-state index contributed by atoms with van der Waals surface area (Å²) in [5.41, 5.74) is 1.66. The average molecular weight is 330 g/mol. The highest BCUT2D eigenvalue weighted by Crippen LogP contribution is 2.23. The Morgan fingerprint density at radius 3 is 2.71 bits per heavy atom. The maximum absolute atomic E-state index is 12.2. The maximum Gasteiger partial charge on any atom is 0.232 e. The smallest absolute Gasteiger partial charge is 0.232 e. The molecule has 0 bridgehead atoms. The summed E-state index contributed by atoms with van der Waals surface area (Å²) in [4.78, 5) is 20.4. The van der Waals surface area contributed by atoms with E-state index in [4.69, 9.17) is 9.26 Å². The number of nitrogens with one attached hydrogen (secondary N) is 1. The molecule has 0 unspecified atom stereocenters. The van der Waals surface area contributed by atoms with Crippen molar-refractivity contribution in [2.24, 2.45) is 0 Å². The Bertz CT molecular complexity index is 659. The van der Waals surface area contributed by atoms with E-state index in [2.05, 4.69) is 20.4 Å². The number of aromatic nitrogens is 3. The molecule has 0 atom stereocenters. The molecule has 1 fully saturated rings. The van der Waals surface area contributed by atoms with Crippen LogP contribution in [-0.2, 0) is 11.2 Å². The van der Waals surface area contributed by atoms with Gasteiger partial charge in [-0.05, 0) is 39.5 Å². The molecule has 0 radical (unpaired) electrons. The molecule has 2 aromatic heterocycles. The van der Waals surface area contributed by atoms with Crippen molar-refractivity contribution in [1.29, 1.82) is 0 Å². The van der Waals surface area contributed by atoms with E-state index in [-0.39, 0.29) is 18.1 Å². The molecule has 1 aliphatic rings. The lowest BCUT2D eigenvalue weighted by Gasteiger charge is -2.29. The van der Waals surface area contributed by atoms with Crippen LogP contribution in [0.15, 0.2) is 23.1 Å². The molecule has 1 saturated carbocycles. The molecule has 2 aromatic rings. The van der Waals surface area contributed by atoms with Gasteiger partial charge in [-0.25, -0.2) is 4.98 Å². The van der Waals surface area contributed by atoms with E-state index < -0.39 is 0 Å². The van der Waals surface area contributed by atoms with Crippen molar-refractivity contribution in [3.8, 4) is 5.88 Å². The number of amides is 1. The predicted molar refractivity (Wildman–Crippen MR) is 86.5 cm³/mol. The van der Waals surface area contributed by atoms with Gasteiger partial charge in [-0.2, -0.15) is 0 Å². The minimum Gasteiger partial charge on any atom is -0.473 e. The van der Waals surface area contributed by atoms with E-state index in [1.54, 1.807) is 18.6 Å². The minimum absolute atomic E-state index is 0.0164. The van der Waals surface area contributed by atoms with Crippen LogP contribution in [0.5, 0.6) is 5.88 Å². The lowest BCUT2D eigenvalue weighted by molar-refractivity contribution is -0.121. The second-order valence-electron chi connectivity index (χ2n) is 6.18. The zero-order chi connectivity index (χ0) is 16.9. The number of rotatable bonds is 5. The fraction of sp³-hybridized carbons (Fsp3) is 0.529. The highest BCUT2D eigenvalue weighted by Gasteiger charge is 2.24. The first-order valence-corrected chi connectivity index (χ1v) is 8.25. The van der Waals surface area contributed by atoms with Crippen LogP contribution in [0, 0.1) is 13.8 Å². The quantitative estimate of drug-likeness (QED) is 0.903. The Morgan fingerprint density at radius 1 is 1.29 bits per heavy atom. The predicted octanol–water partition coefficient (Wildman–Crippen LogP) is 2.13. The minimum atomic E-state index is 0.0164. The number of hydrogen-bond acceptors (Lipinski definition) is 6. The van der Waals surface area contributed by atoms with Crippen molar-refractivity contribution < 1.29 is 14.1 Å². The van der Waals surface area contributed by atoms with E-state index in [9.17, 15) is 4.79 Å². The molecule has 128 valence electrons. The third-order valence-corrected chi connectivity index (χ3v) is 4.38. The van der Waals surface area contributed by atoms with Crippen LogP contribution in [0.3, 0.4) is 0 Å². The Morgan fingerprint density at radius 2 is 2.08 bits per heavy atom. The zero-order valence-electron chi connectivity index (χ0n) is 14.0. The largest absolute Gasteiger partial charge is 0.473 e. The van der Waals surface area contributed by atoms with Gasteiger partial charge < -0.3 is 14.6 Å². The van der Waals surface area contributed by atoms with Crippen LogP contribution in [0.25, 0.3) is 0 Å². The number of carbonyl (C=O) groups is 1. The van der Waals surface area contributed by atoms with E-state index >= 15 is 0 Å². The van der Waals surface area contributed by atoms with E-state index in [0.29, 0.717) is 18.1 Å². The number of hydrogen-bond donors (Lipinski definition) is 1. The first-order valence-electron chi connectivity index (χ1n) is 8.25. The summed E-state index contributed by atoms with van der Waals surface area (Å²) < 4.78 is 10.9. The van der Waals surface area contributed by atoms with Crippen molar-refractivity contribution in [3.63, 3.8) is 0 Å². The molecule has 7 nitrogen and oxygen atoms in total. The summed E-state index contributed by atoms with van der Waals surface area (Å²) in [6, 6.07) is 0.194. The highest BCUT2D eigenvalue weighted by molar-refractivity contribution is 5.79. The lowest BCUT2D eigenvalue weighted by atomic mass is 9.92. The van der Waals surface area contributed by atoms with E-state index in [0.717, 1.165) is 36.9 Å². The highest BCUT2D eigenvalue weighted by atomic mass is 16.5. The molecule has 3 rings (SSSR count). The standard InChI is InChI=1S/C17H22N4O3/c1-11-15(12(2)24-21-11)9-16(22)20-13-3-5-14(6-4-13)23-17-10-18-7-8-19-17/h7-8,10,13-14H,3-6,9H2,1-2H3,(H,20,22). The normalized spacial score (nSPS) is 20.6. The molecule has 2 heterocycles.